The molecule has 0 radical (unpaired) electrons. The summed E-state index contributed by atoms with van der Waals surface area (Å²) in [6.07, 6.45) is 0. The topological polar surface area (TPSA) is 101 Å². The van der Waals surface area contributed by atoms with Crippen LogP contribution in [0.4, 0.5) is 0 Å². The number of sulfonamides is 1. The van der Waals surface area contributed by atoms with Gasteiger partial charge in [-0.2, -0.15) is 4.72 Å². The molecule has 0 aliphatic heterocycles. The molecule has 0 unspecified atom stereocenters. The minimum absolute atomic E-state index is 0.119. The van der Waals surface area contributed by atoms with Gasteiger partial charge in [0.25, 0.3) is 5.91 Å². The number of benzene rings is 1. The van der Waals surface area contributed by atoms with Crippen molar-refractivity contribution in [2.75, 3.05) is 0 Å². The molecule has 4 N–H and O–H groups in total. The standard InChI is InChI=1S/C12H19N3O3S/c1-8(2)11(12(16)14-13)15-19(17,18)10-6-4-9(3)5-7-10/h4-8,11,15H,13H2,1-3H3,(H,14,16)/t11-/m1/s1. The molecule has 0 fully saturated rings. The summed E-state index contributed by atoms with van der Waals surface area (Å²) in [5.41, 5.74) is 2.92. The van der Waals surface area contributed by atoms with Crippen molar-refractivity contribution < 1.29 is 13.2 Å². The van der Waals surface area contributed by atoms with Crippen molar-refractivity contribution in [3.8, 4) is 0 Å². The number of aryl methyl sites for hydroxylation is 1. The second-order valence-corrected chi connectivity index (χ2v) is 6.38. The van der Waals surface area contributed by atoms with Gasteiger partial charge in [0.15, 0.2) is 0 Å². The molecule has 7 heteroatoms. The average Bonchev–Trinajstić information content (AvgIpc) is 2.35. The predicted molar refractivity (Wildman–Crippen MR) is 72.5 cm³/mol. The first-order valence-electron chi connectivity index (χ1n) is 5.87. The van der Waals surface area contributed by atoms with E-state index in [-0.39, 0.29) is 10.8 Å². The maximum Gasteiger partial charge on any atom is 0.252 e. The average molecular weight is 285 g/mol. The number of carbonyl (C=O) groups is 1. The van der Waals surface area contributed by atoms with E-state index in [4.69, 9.17) is 5.84 Å². The lowest BCUT2D eigenvalue weighted by Crippen LogP contribution is -2.51. The lowest BCUT2D eigenvalue weighted by Gasteiger charge is -2.20. The first-order chi connectivity index (χ1) is 8.77. The first-order valence-corrected chi connectivity index (χ1v) is 7.35. The van der Waals surface area contributed by atoms with Crippen molar-refractivity contribution in [2.24, 2.45) is 11.8 Å². The molecule has 0 aliphatic carbocycles. The van der Waals surface area contributed by atoms with E-state index in [2.05, 4.69) is 4.72 Å². The number of hydrogen-bond acceptors (Lipinski definition) is 4. The van der Waals surface area contributed by atoms with Crippen LogP contribution < -0.4 is 16.0 Å². The summed E-state index contributed by atoms with van der Waals surface area (Å²) in [6.45, 7) is 5.33. The van der Waals surface area contributed by atoms with Gasteiger partial charge in [-0.25, -0.2) is 14.3 Å². The van der Waals surface area contributed by atoms with Gasteiger partial charge in [-0.1, -0.05) is 31.5 Å². The summed E-state index contributed by atoms with van der Waals surface area (Å²) in [7, 11) is -3.74. The fourth-order valence-corrected chi connectivity index (χ4v) is 2.88. The maximum atomic E-state index is 12.1. The van der Waals surface area contributed by atoms with Gasteiger partial charge < -0.3 is 0 Å². The van der Waals surface area contributed by atoms with E-state index >= 15 is 0 Å². The zero-order chi connectivity index (χ0) is 14.6. The minimum Gasteiger partial charge on any atom is -0.293 e. The summed E-state index contributed by atoms with van der Waals surface area (Å²) >= 11 is 0. The Morgan fingerprint density at radius 1 is 1.21 bits per heavy atom. The van der Waals surface area contributed by atoms with Crippen LogP contribution in [0.3, 0.4) is 0 Å². The minimum atomic E-state index is -3.74. The highest BCUT2D eigenvalue weighted by molar-refractivity contribution is 7.89. The van der Waals surface area contributed by atoms with Crippen LogP contribution in [0, 0.1) is 12.8 Å². The highest BCUT2D eigenvalue weighted by Crippen LogP contribution is 2.12. The highest BCUT2D eigenvalue weighted by atomic mass is 32.2. The molecule has 1 aromatic rings. The molecule has 1 amide bonds. The molecule has 106 valence electrons. The van der Waals surface area contributed by atoms with Gasteiger partial charge in [0.05, 0.1) is 4.90 Å². The number of nitrogens with one attached hydrogen (secondary N) is 2. The SMILES string of the molecule is Cc1ccc(S(=O)(=O)N[C@@H](C(=O)NN)C(C)C)cc1. The Balaban J connectivity index is 3.00. The lowest BCUT2D eigenvalue weighted by molar-refractivity contribution is -0.123. The molecule has 1 aromatic carbocycles. The molecule has 1 atom stereocenters. The third kappa shape index (κ3) is 4.02. The summed E-state index contributed by atoms with van der Waals surface area (Å²) in [4.78, 5) is 11.7. The largest absolute Gasteiger partial charge is 0.293 e. The second-order valence-electron chi connectivity index (χ2n) is 4.66. The van der Waals surface area contributed by atoms with E-state index in [1.165, 1.54) is 12.1 Å². The van der Waals surface area contributed by atoms with Gasteiger partial charge in [-0.15, -0.1) is 0 Å². The van der Waals surface area contributed by atoms with Crippen LogP contribution in [0.1, 0.15) is 19.4 Å². The Morgan fingerprint density at radius 2 is 1.74 bits per heavy atom. The number of hydrogen-bond donors (Lipinski definition) is 3. The molecule has 6 nitrogen and oxygen atoms in total. The number of rotatable bonds is 5. The van der Waals surface area contributed by atoms with Crippen molar-refractivity contribution in [1.82, 2.24) is 10.1 Å². The van der Waals surface area contributed by atoms with Gasteiger partial charge in [-0.3, -0.25) is 10.2 Å². The van der Waals surface area contributed by atoms with Crippen LogP contribution in [0.5, 0.6) is 0 Å². The fourth-order valence-electron chi connectivity index (χ4n) is 1.53. The van der Waals surface area contributed by atoms with E-state index in [1.54, 1.807) is 26.0 Å². The molecule has 1 rings (SSSR count). The molecule has 0 saturated heterocycles. The van der Waals surface area contributed by atoms with E-state index in [9.17, 15) is 13.2 Å². The molecule has 0 heterocycles. The molecule has 0 aliphatic rings. The van der Waals surface area contributed by atoms with E-state index in [0.29, 0.717) is 0 Å². The maximum absolute atomic E-state index is 12.1. The molecular formula is C12H19N3O3S. The normalized spacial score (nSPS) is 13.3. The Labute approximate surface area is 113 Å². The Morgan fingerprint density at radius 3 is 2.16 bits per heavy atom. The molecule has 0 bridgehead atoms. The number of nitrogens with two attached hydrogens (primary N) is 1. The van der Waals surface area contributed by atoms with E-state index in [1.807, 2.05) is 12.3 Å². The predicted octanol–water partition coefficient (Wildman–Crippen LogP) is 0.288. The monoisotopic (exact) mass is 285 g/mol. The van der Waals surface area contributed by atoms with Crippen molar-refractivity contribution >= 4 is 15.9 Å². The zero-order valence-corrected chi connectivity index (χ0v) is 12.0. The highest BCUT2D eigenvalue weighted by Gasteiger charge is 2.27. The van der Waals surface area contributed by atoms with Crippen LogP contribution >= 0.6 is 0 Å². The Bertz CT molecular complexity index is 538. The van der Waals surface area contributed by atoms with E-state index in [0.717, 1.165) is 5.56 Å². The summed E-state index contributed by atoms with van der Waals surface area (Å²) in [6, 6.07) is 5.48. The third-order valence-corrected chi connectivity index (χ3v) is 4.16. The van der Waals surface area contributed by atoms with Crippen molar-refractivity contribution in [1.29, 1.82) is 0 Å². The third-order valence-electron chi connectivity index (χ3n) is 2.70. The van der Waals surface area contributed by atoms with Crippen LogP contribution in [-0.4, -0.2) is 20.4 Å². The van der Waals surface area contributed by atoms with Gasteiger partial charge in [0.2, 0.25) is 10.0 Å². The zero-order valence-electron chi connectivity index (χ0n) is 11.2. The fraction of sp³-hybridized carbons (Fsp3) is 0.417. The van der Waals surface area contributed by atoms with E-state index < -0.39 is 22.0 Å². The number of amides is 1. The van der Waals surface area contributed by atoms with Crippen LogP contribution in [0.25, 0.3) is 0 Å². The van der Waals surface area contributed by atoms with Gasteiger partial charge >= 0.3 is 0 Å². The summed E-state index contributed by atoms with van der Waals surface area (Å²) in [5.74, 6) is 4.27. The van der Waals surface area contributed by atoms with Crippen molar-refractivity contribution in [3.05, 3.63) is 29.8 Å². The molecule has 19 heavy (non-hydrogen) atoms. The van der Waals surface area contributed by atoms with Crippen molar-refractivity contribution in [2.45, 2.75) is 31.7 Å². The summed E-state index contributed by atoms with van der Waals surface area (Å²) in [5, 5.41) is 0. The molecular weight excluding hydrogens is 266 g/mol. The number of hydrazine groups is 1. The Kier molecular flexibility index (Phi) is 5.04. The molecule has 0 spiro atoms. The number of carbonyl (C=O) groups excluding carboxylic acids is 1. The van der Waals surface area contributed by atoms with Gasteiger partial charge in [0, 0.05) is 0 Å². The quantitative estimate of drug-likeness (QED) is 0.411. The second kappa shape index (κ2) is 6.14. The van der Waals surface area contributed by atoms with Crippen LogP contribution in [0.2, 0.25) is 0 Å². The van der Waals surface area contributed by atoms with Crippen LogP contribution in [0.15, 0.2) is 29.2 Å². The lowest BCUT2D eigenvalue weighted by atomic mass is 10.1. The molecule has 0 aromatic heterocycles. The smallest absolute Gasteiger partial charge is 0.252 e. The Hall–Kier alpha value is -1.44. The van der Waals surface area contributed by atoms with Gasteiger partial charge in [-0.05, 0) is 25.0 Å². The summed E-state index contributed by atoms with van der Waals surface area (Å²) < 4.78 is 26.7. The van der Waals surface area contributed by atoms with Crippen molar-refractivity contribution in [3.63, 3.8) is 0 Å². The van der Waals surface area contributed by atoms with Gasteiger partial charge in [0.1, 0.15) is 6.04 Å². The molecule has 0 saturated carbocycles. The van der Waals surface area contributed by atoms with Crippen LogP contribution in [-0.2, 0) is 14.8 Å². The first kappa shape index (κ1) is 15.6.